The Bertz CT molecular complexity index is 493. The van der Waals surface area contributed by atoms with Crippen LogP contribution in [0.3, 0.4) is 0 Å². The van der Waals surface area contributed by atoms with Gasteiger partial charge >= 0.3 is 0 Å². The first-order valence-electron chi connectivity index (χ1n) is 6.54. The number of hydrogen-bond donors (Lipinski definition) is 0. The fourth-order valence-corrected chi connectivity index (χ4v) is 2.26. The summed E-state index contributed by atoms with van der Waals surface area (Å²) in [4.78, 5) is 15.9. The molecule has 1 heterocycles. The van der Waals surface area contributed by atoms with E-state index < -0.39 is 18.1 Å². The number of rotatable bonds is 2. The van der Waals surface area contributed by atoms with Crippen molar-refractivity contribution in [2.75, 3.05) is 33.2 Å². The molecule has 0 unspecified atom stereocenters. The van der Waals surface area contributed by atoms with Crippen LogP contribution < -0.4 is 0 Å². The SMILES string of the molecule is CN1CCCN(C(=O)c2cc(C(F)F)ccc2F)CC1. The van der Waals surface area contributed by atoms with E-state index >= 15 is 0 Å². The molecular weight excluding hydrogens is 269 g/mol. The predicted molar refractivity (Wildman–Crippen MR) is 69.4 cm³/mol. The maximum absolute atomic E-state index is 13.7. The van der Waals surface area contributed by atoms with Gasteiger partial charge in [-0.25, -0.2) is 13.2 Å². The Hall–Kier alpha value is -1.56. The molecule has 1 aliphatic rings. The van der Waals surface area contributed by atoms with E-state index in [1.165, 1.54) is 4.90 Å². The van der Waals surface area contributed by atoms with Crippen LogP contribution in [0.15, 0.2) is 18.2 Å². The van der Waals surface area contributed by atoms with Gasteiger partial charge in [-0.1, -0.05) is 6.07 Å². The van der Waals surface area contributed by atoms with Crippen LogP contribution >= 0.6 is 0 Å². The molecule has 0 N–H and O–H groups in total. The van der Waals surface area contributed by atoms with E-state index in [0.29, 0.717) is 19.6 Å². The lowest BCUT2D eigenvalue weighted by atomic mass is 10.1. The van der Waals surface area contributed by atoms with E-state index in [4.69, 9.17) is 0 Å². The van der Waals surface area contributed by atoms with Crippen molar-refractivity contribution < 1.29 is 18.0 Å². The van der Waals surface area contributed by atoms with Crippen LogP contribution in [0.25, 0.3) is 0 Å². The third-order valence-corrected chi connectivity index (χ3v) is 3.48. The molecular formula is C14H17F3N2O. The highest BCUT2D eigenvalue weighted by Crippen LogP contribution is 2.22. The Morgan fingerprint density at radius 3 is 2.65 bits per heavy atom. The number of likely N-dealkylation sites (N-methyl/N-ethyl adjacent to an activating group) is 1. The molecule has 20 heavy (non-hydrogen) atoms. The molecule has 0 bridgehead atoms. The van der Waals surface area contributed by atoms with Crippen LogP contribution in [-0.4, -0.2) is 48.9 Å². The summed E-state index contributed by atoms with van der Waals surface area (Å²) in [5.41, 5.74) is -0.603. The van der Waals surface area contributed by atoms with Crippen molar-refractivity contribution in [2.24, 2.45) is 0 Å². The third-order valence-electron chi connectivity index (χ3n) is 3.48. The van der Waals surface area contributed by atoms with Gasteiger partial charge in [0.05, 0.1) is 5.56 Å². The molecule has 1 aliphatic heterocycles. The molecule has 0 aliphatic carbocycles. The minimum absolute atomic E-state index is 0.271. The summed E-state index contributed by atoms with van der Waals surface area (Å²) in [6.07, 6.45) is -1.92. The van der Waals surface area contributed by atoms with Crippen molar-refractivity contribution in [3.8, 4) is 0 Å². The Balaban J connectivity index is 2.21. The number of halogens is 3. The average Bonchev–Trinajstić information content (AvgIpc) is 2.63. The maximum atomic E-state index is 13.7. The number of carbonyl (C=O) groups is 1. The molecule has 6 heteroatoms. The van der Waals surface area contributed by atoms with Gasteiger partial charge in [0.15, 0.2) is 0 Å². The van der Waals surface area contributed by atoms with Crippen molar-refractivity contribution in [1.82, 2.24) is 9.80 Å². The Labute approximate surface area is 116 Å². The van der Waals surface area contributed by atoms with Gasteiger partial charge in [0.2, 0.25) is 0 Å². The summed E-state index contributed by atoms with van der Waals surface area (Å²) in [5, 5.41) is 0. The van der Waals surface area contributed by atoms with Crippen molar-refractivity contribution in [3.63, 3.8) is 0 Å². The number of alkyl halides is 2. The highest BCUT2D eigenvalue weighted by Gasteiger charge is 2.23. The summed E-state index contributed by atoms with van der Waals surface area (Å²) in [6, 6.07) is 2.89. The zero-order valence-electron chi connectivity index (χ0n) is 11.3. The van der Waals surface area contributed by atoms with Gasteiger partial charge in [0.25, 0.3) is 12.3 Å². The van der Waals surface area contributed by atoms with Gasteiger partial charge in [0, 0.05) is 25.2 Å². The number of nitrogens with zero attached hydrogens (tertiary/aromatic N) is 2. The number of benzene rings is 1. The molecule has 0 aromatic heterocycles. The first kappa shape index (κ1) is 14.8. The average molecular weight is 286 g/mol. The van der Waals surface area contributed by atoms with Gasteiger partial charge in [0.1, 0.15) is 5.82 Å². The minimum Gasteiger partial charge on any atom is -0.337 e. The highest BCUT2D eigenvalue weighted by atomic mass is 19.3. The molecule has 1 amide bonds. The first-order valence-corrected chi connectivity index (χ1v) is 6.54. The summed E-state index contributed by atoms with van der Waals surface area (Å²) >= 11 is 0. The molecule has 1 fully saturated rings. The summed E-state index contributed by atoms with van der Waals surface area (Å²) < 4.78 is 39.0. The largest absolute Gasteiger partial charge is 0.337 e. The van der Waals surface area contributed by atoms with E-state index in [-0.39, 0.29) is 11.1 Å². The normalized spacial score (nSPS) is 17.4. The molecule has 1 aromatic rings. The first-order chi connectivity index (χ1) is 9.49. The van der Waals surface area contributed by atoms with Gasteiger partial charge in [-0.05, 0) is 32.1 Å². The second-order valence-electron chi connectivity index (χ2n) is 4.99. The molecule has 0 saturated carbocycles. The lowest BCUT2D eigenvalue weighted by Crippen LogP contribution is -2.35. The second kappa shape index (κ2) is 6.26. The van der Waals surface area contributed by atoms with Crippen molar-refractivity contribution in [3.05, 3.63) is 35.1 Å². The summed E-state index contributed by atoms with van der Waals surface area (Å²) in [6.45, 7) is 2.56. The number of carbonyl (C=O) groups excluding carboxylic acids is 1. The summed E-state index contributed by atoms with van der Waals surface area (Å²) in [5.74, 6) is -1.27. The van der Waals surface area contributed by atoms with Crippen molar-refractivity contribution in [1.29, 1.82) is 0 Å². The predicted octanol–water partition coefficient (Wildman–Crippen LogP) is 2.54. The van der Waals surface area contributed by atoms with Crippen LogP contribution in [0, 0.1) is 5.82 Å². The second-order valence-corrected chi connectivity index (χ2v) is 4.99. The molecule has 1 aromatic carbocycles. The lowest BCUT2D eigenvalue weighted by molar-refractivity contribution is 0.0757. The zero-order valence-corrected chi connectivity index (χ0v) is 11.3. The van der Waals surface area contributed by atoms with Crippen LogP contribution in [0.1, 0.15) is 28.8 Å². The monoisotopic (exact) mass is 286 g/mol. The van der Waals surface area contributed by atoms with Crippen LogP contribution in [-0.2, 0) is 0 Å². The fraction of sp³-hybridized carbons (Fsp3) is 0.500. The van der Waals surface area contributed by atoms with Gasteiger partial charge in [-0.3, -0.25) is 4.79 Å². The standard InChI is InChI=1S/C14H17F3N2O/c1-18-5-2-6-19(8-7-18)14(20)11-9-10(13(16)17)3-4-12(11)15/h3-4,9,13H,2,5-8H2,1H3. The molecule has 2 rings (SSSR count). The van der Waals surface area contributed by atoms with Gasteiger partial charge in [-0.15, -0.1) is 0 Å². The molecule has 0 atom stereocenters. The molecule has 1 saturated heterocycles. The number of hydrogen-bond acceptors (Lipinski definition) is 2. The Morgan fingerprint density at radius 2 is 1.95 bits per heavy atom. The van der Waals surface area contributed by atoms with Crippen LogP contribution in [0.5, 0.6) is 0 Å². The van der Waals surface area contributed by atoms with Crippen molar-refractivity contribution in [2.45, 2.75) is 12.8 Å². The van der Waals surface area contributed by atoms with E-state index in [0.717, 1.165) is 31.2 Å². The van der Waals surface area contributed by atoms with E-state index in [2.05, 4.69) is 4.90 Å². The van der Waals surface area contributed by atoms with Gasteiger partial charge < -0.3 is 9.80 Å². The van der Waals surface area contributed by atoms with Gasteiger partial charge in [-0.2, -0.15) is 0 Å². The zero-order chi connectivity index (χ0) is 14.7. The quantitative estimate of drug-likeness (QED) is 0.834. The number of amides is 1. The van der Waals surface area contributed by atoms with Crippen LogP contribution in [0.4, 0.5) is 13.2 Å². The minimum atomic E-state index is -2.71. The van der Waals surface area contributed by atoms with Crippen LogP contribution in [0.2, 0.25) is 0 Å². The highest BCUT2D eigenvalue weighted by molar-refractivity contribution is 5.94. The van der Waals surface area contributed by atoms with Crippen molar-refractivity contribution >= 4 is 5.91 Å². The fourth-order valence-electron chi connectivity index (χ4n) is 2.26. The van der Waals surface area contributed by atoms with E-state index in [1.807, 2.05) is 7.05 Å². The smallest absolute Gasteiger partial charge is 0.263 e. The maximum Gasteiger partial charge on any atom is 0.263 e. The summed E-state index contributed by atoms with van der Waals surface area (Å²) in [7, 11) is 1.95. The van der Waals surface area contributed by atoms with E-state index in [9.17, 15) is 18.0 Å². The topological polar surface area (TPSA) is 23.6 Å². The van der Waals surface area contributed by atoms with E-state index in [1.54, 1.807) is 0 Å². The Kier molecular flexibility index (Phi) is 4.65. The Morgan fingerprint density at radius 1 is 1.20 bits per heavy atom. The molecule has 0 spiro atoms. The third kappa shape index (κ3) is 3.30. The molecule has 110 valence electrons. The lowest BCUT2D eigenvalue weighted by Gasteiger charge is -2.21. The molecule has 0 radical (unpaired) electrons. The molecule has 3 nitrogen and oxygen atoms in total.